The number of nitrogens with zero attached hydrogens (tertiary/aromatic N) is 2. The van der Waals surface area contributed by atoms with Gasteiger partial charge in [-0.25, -0.2) is 4.79 Å². The summed E-state index contributed by atoms with van der Waals surface area (Å²) in [7, 11) is 1.59. The molecule has 1 aromatic rings. The van der Waals surface area contributed by atoms with Crippen molar-refractivity contribution in [2.75, 3.05) is 13.6 Å². The van der Waals surface area contributed by atoms with Crippen molar-refractivity contribution in [1.82, 2.24) is 15.1 Å². The first-order chi connectivity index (χ1) is 10.5. The molecule has 7 heteroatoms. The van der Waals surface area contributed by atoms with Crippen LogP contribution in [0, 0.1) is 0 Å². The van der Waals surface area contributed by atoms with Crippen molar-refractivity contribution in [2.24, 2.45) is 5.73 Å². The lowest BCUT2D eigenvalue weighted by Gasteiger charge is -2.26. The first kappa shape index (κ1) is 14.5. The Bertz CT molecular complexity index is 633. The zero-order chi connectivity index (χ0) is 15.9. The molecule has 2 saturated heterocycles. The van der Waals surface area contributed by atoms with E-state index in [1.165, 1.54) is 9.80 Å². The fraction of sp³-hybridized carbons (Fsp3) is 0.400. The summed E-state index contributed by atoms with van der Waals surface area (Å²) in [5, 5.41) is 2.94. The molecule has 3 rings (SSSR count). The van der Waals surface area contributed by atoms with E-state index in [9.17, 15) is 14.4 Å². The molecule has 22 heavy (non-hydrogen) atoms. The van der Waals surface area contributed by atoms with Crippen molar-refractivity contribution < 1.29 is 14.4 Å². The van der Waals surface area contributed by atoms with Gasteiger partial charge in [-0.3, -0.25) is 14.5 Å². The summed E-state index contributed by atoms with van der Waals surface area (Å²) in [6, 6.07) is 8.40. The Morgan fingerprint density at radius 3 is 2.64 bits per heavy atom. The van der Waals surface area contributed by atoms with Gasteiger partial charge in [0.15, 0.2) is 0 Å². The van der Waals surface area contributed by atoms with E-state index in [0.29, 0.717) is 0 Å². The predicted octanol–water partition coefficient (Wildman–Crippen LogP) is -0.333. The Labute approximate surface area is 128 Å². The highest BCUT2D eigenvalue weighted by atomic mass is 16.2. The molecule has 0 radical (unpaired) electrons. The molecule has 2 aliphatic heterocycles. The Morgan fingerprint density at radius 1 is 1.36 bits per heavy atom. The highest BCUT2D eigenvalue weighted by Crippen LogP contribution is 2.35. The second-order valence-electron chi connectivity index (χ2n) is 5.79. The lowest BCUT2D eigenvalue weighted by Crippen LogP contribution is -2.49. The van der Waals surface area contributed by atoms with Crippen LogP contribution in [-0.2, 0) is 16.1 Å². The number of urea groups is 1. The number of carbonyl (C=O) groups excluding carboxylic acids is 3. The summed E-state index contributed by atoms with van der Waals surface area (Å²) in [5.74, 6) is -0.785. The molecular formula is C15H18N4O3. The maximum Gasteiger partial charge on any atom is 0.327 e. The summed E-state index contributed by atoms with van der Waals surface area (Å²) in [5.41, 5.74) is 5.18. The van der Waals surface area contributed by atoms with Crippen LogP contribution in [0.15, 0.2) is 30.3 Å². The normalized spacial score (nSPS) is 28.0. The number of nitrogens with two attached hydrogens (primary N) is 1. The van der Waals surface area contributed by atoms with Crippen molar-refractivity contribution in [3.8, 4) is 0 Å². The first-order valence-electron chi connectivity index (χ1n) is 7.12. The Morgan fingerprint density at radius 2 is 2.05 bits per heavy atom. The van der Waals surface area contributed by atoms with Gasteiger partial charge >= 0.3 is 6.03 Å². The quantitative estimate of drug-likeness (QED) is 0.747. The van der Waals surface area contributed by atoms with Crippen LogP contribution in [-0.4, -0.2) is 52.8 Å². The monoisotopic (exact) mass is 302 g/mol. The van der Waals surface area contributed by atoms with Gasteiger partial charge in [0.1, 0.15) is 5.54 Å². The van der Waals surface area contributed by atoms with Crippen LogP contribution < -0.4 is 11.1 Å². The number of nitrogens with one attached hydrogen (secondary N) is 1. The van der Waals surface area contributed by atoms with E-state index >= 15 is 0 Å². The van der Waals surface area contributed by atoms with E-state index in [1.54, 1.807) is 7.05 Å². The predicted molar refractivity (Wildman–Crippen MR) is 78.5 cm³/mol. The average Bonchev–Trinajstić information content (AvgIpc) is 3.03. The second kappa shape index (κ2) is 5.10. The van der Waals surface area contributed by atoms with Crippen molar-refractivity contribution in [3.05, 3.63) is 35.9 Å². The molecule has 7 nitrogen and oxygen atoms in total. The lowest BCUT2D eigenvalue weighted by atomic mass is 9.94. The molecule has 2 atom stereocenters. The summed E-state index contributed by atoms with van der Waals surface area (Å²) < 4.78 is 0. The van der Waals surface area contributed by atoms with E-state index in [-0.39, 0.29) is 31.4 Å². The van der Waals surface area contributed by atoms with Crippen LogP contribution in [0.25, 0.3) is 0 Å². The van der Waals surface area contributed by atoms with E-state index in [1.807, 2.05) is 30.3 Å². The smallest absolute Gasteiger partial charge is 0.327 e. The number of hydrogen-bond donors (Lipinski definition) is 2. The van der Waals surface area contributed by atoms with Crippen LogP contribution in [0.3, 0.4) is 0 Å². The molecule has 0 saturated carbocycles. The number of hydrogen-bond acceptors (Lipinski definition) is 4. The Balaban J connectivity index is 1.85. The molecule has 0 aliphatic carbocycles. The fourth-order valence-electron chi connectivity index (χ4n) is 3.14. The number of rotatable bonds is 3. The highest BCUT2D eigenvalue weighted by Gasteiger charge is 2.59. The molecule has 0 unspecified atom stereocenters. The topological polar surface area (TPSA) is 95.7 Å². The van der Waals surface area contributed by atoms with Crippen molar-refractivity contribution in [1.29, 1.82) is 0 Å². The zero-order valence-electron chi connectivity index (χ0n) is 12.3. The maximum absolute atomic E-state index is 12.8. The van der Waals surface area contributed by atoms with Gasteiger partial charge in [-0.1, -0.05) is 30.3 Å². The molecule has 0 aromatic heterocycles. The first-order valence-corrected chi connectivity index (χ1v) is 7.12. The molecule has 1 spiro atoms. The fourth-order valence-corrected chi connectivity index (χ4v) is 3.14. The van der Waals surface area contributed by atoms with Crippen molar-refractivity contribution >= 4 is 17.8 Å². The van der Waals surface area contributed by atoms with Crippen LogP contribution in [0.5, 0.6) is 0 Å². The summed E-state index contributed by atoms with van der Waals surface area (Å²) in [6.45, 7) is 0.471. The van der Waals surface area contributed by atoms with Gasteiger partial charge in [0.05, 0.1) is 12.6 Å². The molecule has 3 N–H and O–H groups in total. The van der Waals surface area contributed by atoms with E-state index in [4.69, 9.17) is 5.73 Å². The third-order valence-electron chi connectivity index (χ3n) is 4.51. The van der Waals surface area contributed by atoms with Crippen molar-refractivity contribution in [2.45, 2.75) is 24.5 Å². The zero-order valence-corrected chi connectivity index (χ0v) is 12.3. The van der Waals surface area contributed by atoms with Gasteiger partial charge in [-0.2, -0.15) is 0 Å². The minimum Gasteiger partial charge on any atom is -0.368 e. The maximum atomic E-state index is 12.8. The molecule has 0 bridgehead atoms. The van der Waals surface area contributed by atoms with Crippen LogP contribution in [0.2, 0.25) is 0 Å². The van der Waals surface area contributed by atoms with Crippen LogP contribution in [0.1, 0.15) is 12.0 Å². The number of amides is 4. The minimum atomic E-state index is -1.01. The van der Waals surface area contributed by atoms with Gasteiger partial charge in [0.2, 0.25) is 5.91 Å². The van der Waals surface area contributed by atoms with E-state index in [0.717, 1.165) is 5.56 Å². The third kappa shape index (κ3) is 2.05. The molecule has 2 aliphatic rings. The Hall–Kier alpha value is -2.41. The lowest BCUT2D eigenvalue weighted by molar-refractivity contribution is -0.132. The molecular weight excluding hydrogens is 284 g/mol. The standard InChI is InChI=1S/C15H18N4O3/c1-18-14(22)19(8-10-5-3-2-4-6-10)13(21)15(18)7-11(12(16)20)17-9-15/h2-6,11,17H,7-9H2,1H3,(H2,16,20)/t11-,15-/m0/s1. The number of imide groups is 1. The summed E-state index contributed by atoms with van der Waals surface area (Å²) in [6.07, 6.45) is 0.217. The SMILES string of the molecule is CN1C(=O)N(Cc2ccccc2)C(=O)[C@]12CN[C@H](C(N)=O)C2. The summed E-state index contributed by atoms with van der Waals surface area (Å²) >= 11 is 0. The summed E-state index contributed by atoms with van der Waals surface area (Å²) in [4.78, 5) is 39.2. The number of carbonyl (C=O) groups is 3. The molecule has 2 heterocycles. The molecule has 1 aromatic carbocycles. The average molecular weight is 302 g/mol. The van der Waals surface area contributed by atoms with E-state index in [2.05, 4.69) is 5.32 Å². The van der Waals surface area contributed by atoms with Crippen molar-refractivity contribution in [3.63, 3.8) is 0 Å². The number of benzene rings is 1. The number of primary amides is 1. The number of likely N-dealkylation sites (N-methyl/N-ethyl adjacent to an activating group) is 1. The highest BCUT2D eigenvalue weighted by molar-refractivity contribution is 6.07. The van der Waals surface area contributed by atoms with Gasteiger partial charge < -0.3 is 16.0 Å². The third-order valence-corrected chi connectivity index (χ3v) is 4.51. The molecule has 116 valence electrons. The second-order valence-corrected chi connectivity index (χ2v) is 5.79. The Kier molecular flexibility index (Phi) is 3.37. The van der Waals surface area contributed by atoms with Gasteiger partial charge in [0, 0.05) is 20.0 Å². The molecule has 4 amide bonds. The van der Waals surface area contributed by atoms with Crippen LogP contribution in [0.4, 0.5) is 4.79 Å². The largest absolute Gasteiger partial charge is 0.368 e. The van der Waals surface area contributed by atoms with Gasteiger partial charge in [0.25, 0.3) is 5.91 Å². The molecule has 2 fully saturated rings. The van der Waals surface area contributed by atoms with Gasteiger partial charge in [-0.05, 0) is 5.56 Å². The van der Waals surface area contributed by atoms with E-state index < -0.39 is 17.5 Å². The van der Waals surface area contributed by atoms with Crippen LogP contribution >= 0.6 is 0 Å². The van der Waals surface area contributed by atoms with Gasteiger partial charge in [-0.15, -0.1) is 0 Å². The minimum absolute atomic E-state index is 0.217.